The molecule has 0 heterocycles. The van der Waals surface area contributed by atoms with E-state index >= 15 is 0 Å². The van der Waals surface area contributed by atoms with Crippen molar-refractivity contribution in [3.05, 3.63) is 52.0 Å². The highest BCUT2D eigenvalue weighted by Gasteiger charge is 2.26. The Hall–Kier alpha value is -1.28. The fraction of sp³-hybridized carbons (Fsp3) is 0.400. The summed E-state index contributed by atoms with van der Waals surface area (Å²) in [7, 11) is 0. The van der Waals surface area contributed by atoms with Crippen LogP contribution in [0.1, 0.15) is 52.7 Å². The highest BCUT2D eigenvalue weighted by atomic mass is 79.9. The average molecular weight is 361 g/mol. The van der Waals surface area contributed by atoms with E-state index in [1.165, 1.54) is 5.56 Å². The highest BCUT2D eigenvalue weighted by molar-refractivity contribution is 9.10. The molecule has 0 aliphatic carbocycles. The third-order valence-electron chi connectivity index (χ3n) is 3.90. The van der Waals surface area contributed by atoms with E-state index in [0.717, 1.165) is 21.2 Å². The van der Waals surface area contributed by atoms with Crippen LogP contribution in [0.3, 0.4) is 0 Å². The van der Waals surface area contributed by atoms with Gasteiger partial charge in [0.05, 0.1) is 0 Å². The highest BCUT2D eigenvalue weighted by Crippen LogP contribution is 2.42. The Morgan fingerprint density at radius 1 is 0.727 bits per heavy atom. The van der Waals surface area contributed by atoms with Crippen molar-refractivity contribution in [2.45, 2.75) is 52.4 Å². The van der Waals surface area contributed by atoms with Crippen LogP contribution in [0.25, 0.3) is 11.1 Å². The molecule has 22 heavy (non-hydrogen) atoms. The van der Waals surface area contributed by atoms with Gasteiger partial charge in [-0.05, 0) is 46.2 Å². The van der Waals surface area contributed by atoms with Crippen molar-refractivity contribution in [1.29, 1.82) is 0 Å². The lowest BCUT2D eigenvalue weighted by Crippen LogP contribution is -2.17. The molecule has 0 amide bonds. The predicted octanol–water partition coefficient (Wildman–Crippen LogP) is 6.42. The Bertz CT molecular complexity index is 635. The Morgan fingerprint density at radius 2 is 1.14 bits per heavy atom. The summed E-state index contributed by atoms with van der Waals surface area (Å²) in [4.78, 5) is 0. The summed E-state index contributed by atoms with van der Waals surface area (Å²) in [6.45, 7) is 12.8. The Morgan fingerprint density at radius 3 is 1.50 bits per heavy atom. The normalized spacial score (nSPS) is 12.5. The fourth-order valence-corrected chi connectivity index (χ4v) is 2.85. The first-order chi connectivity index (χ1) is 10.00. The molecule has 0 atom stereocenters. The van der Waals surface area contributed by atoms with E-state index in [4.69, 9.17) is 0 Å². The van der Waals surface area contributed by atoms with Crippen LogP contribution >= 0.6 is 15.9 Å². The van der Waals surface area contributed by atoms with E-state index in [-0.39, 0.29) is 10.8 Å². The number of hydrogen-bond donors (Lipinski definition) is 1. The Balaban J connectivity index is 2.73. The molecule has 2 rings (SSSR count). The minimum Gasteiger partial charge on any atom is -0.507 e. The third kappa shape index (κ3) is 3.55. The zero-order valence-corrected chi connectivity index (χ0v) is 15.9. The lowest BCUT2D eigenvalue weighted by atomic mass is 9.78. The minimum absolute atomic E-state index is 0.102. The van der Waals surface area contributed by atoms with Gasteiger partial charge in [0.2, 0.25) is 0 Å². The molecule has 0 aliphatic rings. The summed E-state index contributed by atoms with van der Waals surface area (Å²) >= 11 is 3.48. The molecule has 2 heteroatoms. The molecule has 0 saturated heterocycles. The quantitative estimate of drug-likeness (QED) is 0.622. The smallest absolute Gasteiger partial charge is 0.123 e. The van der Waals surface area contributed by atoms with E-state index in [1.807, 2.05) is 0 Å². The number of halogens is 1. The summed E-state index contributed by atoms with van der Waals surface area (Å²) in [6.07, 6.45) is 0. The van der Waals surface area contributed by atoms with Crippen LogP contribution < -0.4 is 0 Å². The van der Waals surface area contributed by atoms with Crippen LogP contribution in [0.5, 0.6) is 5.75 Å². The molecule has 0 aromatic heterocycles. The SMILES string of the molecule is CC(C)(C)c1cc(-c2ccc(Br)cc2)cc(C(C)(C)C)c1O. The van der Waals surface area contributed by atoms with Crippen molar-refractivity contribution in [2.75, 3.05) is 0 Å². The van der Waals surface area contributed by atoms with Crippen LogP contribution in [-0.4, -0.2) is 5.11 Å². The third-order valence-corrected chi connectivity index (χ3v) is 4.43. The van der Waals surface area contributed by atoms with Gasteiger partial charge in [-0.1, -0.05) is 69.6 Å². The van der Waals surface area contributed by atoms with Crippen molar-refractivity contribution in [1.82, 2.24) is 0 Å². The van der Waals surface area contributed by atoms with Gasteiger partial charge in [-0.3, -0.25) is 0 Å². The summed E-state index contributed by atoms with van der Waals surface area (Å²) in [5, 5.41) is 10.8. The van der Waals surface area contributed by atoms with E-state index < -0.39 is 0 Å². The molecule has 0 bridgehead atoms. The second-order valence-electron chi connectivity index (χ2n) is 7.93. The first-order valence-corrected chi connectivity index (χ1v) is 8.43. The summed E-state index contributed by atoms with van der Waals surface area (Å²) < 4.78 is 1.07. The first kappa shape index (κ1) is 17.1. The second kappa shape index (κ2) is 5.73. The zero-order chi connectivity index (χ0) is 16.7. The number of rotatable bonds is 1. The van der Waals surface area contributed by atoms with Crippen molar-refractivity contribution in [3.8, 4) is 16.9 Å². The van der Waals surface area contributed by atoms with Crippen LogP contribution in [0.15, 0.2) is 40.9 Å². The Kier molecular flexibility index (Phi) is 4.45. The topological polar surface area (TPSA) is 20.2 Å². The van der Waals surface area contributed by atoms with Crippen LogP contribution in [0, 0.1) is 0 Å². The number of phenols is 1. The van der Waals surface area contributed by atoms with E-state index in [1.54, 1.807) is 0 Å². The second-order valence-corrected chi connectivity index (χ2v) is 8.84. The number of aromatic hydroxyl groups is 1. The van der Waals surface area contributed by atoms with Crippen molar-refractivity contribution >= 4 is 15.9 Å². The average Bonchev–Trinajstić information content (AvgIpc) is 2.37. The largest absolute Gasteiger partial charge is 0.507 e. The van der Waals surface area contributed by atoms with E-state index in [0.29, 0.717) is 5.75 Å². The van der Waals surface area contributed by atoms with Crippen molar-refractivity contribution in [2.24, 2.45) is 0 Å². The minimum atomic E-state index is -0.102. The lowest BCUT2D eigenvalue weighted by molar-refractivity contribution is 0.423. The van der Waals surface area contributed by atoms with Gasteiger partial charge in [-0.2, -0.15) is 0 Å². The molecule has 0 aliphatic heterocycles. The summed E-state index contributed by atoms with van der Waals surface area (Å²) in [6, 6.07) is 12.6. The maximum atomic E-state index is 10.8. The molecule has 2 aromatic carbocycles. The number of hydrogen-bond acceptors (Lipinski definition) is 1. The molecule has 2 aromatic rings. The van der Waals surface area contributed by atoms with E-state index in [2.05, 4.69) is 93.9 Å². The van der Waals surface area contributed by atoms with Crippen LogP contribution in [0.2, 0.25) is 0 Å². The molecule has 118 valence electrons. The standard InChI is InChI=1S/C20H25BrO/c1-19(2,3)16-11-14(13-7-9-15(21)10-8-13)12-17(18(16)22)20(4,5)6/h7-12,22H,1-6H3. The molecule has 0 saturated carbocycles. The molecular weight excluding hydrogens is 336 g/mol. The van der Waals surface area contributed by atoms with E-state index in [9.17, 15) is 5.11 Å². The van der Waals surface area contributed by atoms with Gasteiger partial charge in [0, 0.05) is 15.6 Å². The van der Waals surface area contributed by atoms with Gasteiger partial charge in [0.25, 0.3) is 0 Å². The molecular formula is C20H25BrO. The molecule has 0 radical (unpaired) electrons. The number of phenolic OH excluding ortho intramolecular Hbond substituents is 1. The number of benzene rings is 2. The molecule has 0 spiro atoms. The summed E-state index contributed by atoms with van der Waals surface area (Å²) in [5.41, 5.74) is 4.11. The summed E-state index contributed by atoms with van der Waals surface area (Å²) in [5.74, 6) is 0.431. The van der Waals surface area contributed by atoms with Crippen LogP contribution in [0.4, 0.5) is 0 Å². The maximum absolute atomic E-state index is 10.8. The Labute approximate surface area is 142 Å². The molecule has 1 N–H and O–H groups in total. The molecule has 0 unspecified atom stereocenters. The maximum Gasteiger partial charge on any atom is 0.123 e. The molecule has 0 fully saturated rings. The van der Waals surface area contributed by atoms with Gasteiger partial charge >= 0.3 is 0 Å². The monoisotopic (exact) mass is 360 g/mol. The first-order valence-electron chi connectivity index (χ1n) is 7.64. The fourth-order valence-electron chi connectivity index (χ4n) is 2.59. The van der Waals surface area contributed by atoms with Gasteiger partial charge in [0.1, 0.15) is 5.75 Å². The van der Waals surface area contributed by atoms with Gasteiger partial charge in [-0.25, -0.2) is 0 Å². The van der Waals surface area contributed by atoms with Crippen LogP contribution in [-0.2, 0) is 10.8 Å². The van der Waals surface area contributed by atoms with Crippen molar-refractivity contribution < 1.29 is 5.11 Å². The van der Waals surface area contributed by atoms with Gasteiger partial charge < -0.3 is 5.11 Å². The molecule has 1 nitrogen and oxygen atoms in total. The van der Waals surface area contributed by atoms with Gasteiger partial charge in [0.15, 0.2) is 0 Å². The lowest BCUT2D eigenvalue weighted by Gasteiger charge is -2.28. The zero-order valence-electron chi connectivity index (χ0n) is 14.3. The predicted molar refractivity (Wildman–Crippen MR) is 98.6 cm³/mol. The van der Waals surface area contributed by atoms with Gasteiger partial charge in [-0.15, -0.1) is 0 Å². The van der Waals surface area contributed by atoms with Crippen molar-refractivity contribution in [3.63, 3.8) is 0 Å².